The highest BCUT2D eigenvalue weighted by Crippen LogP contribution is 2.35. The number of benzene rings is 2. The van der Waals surface area contributed by atoms with Crippen LogP contribution in [0.25, 0.3) is 0 Å². The standard InChI is InChI=1S/C22H27FN2O/c1-2-22(26)25(18-11-7-4-8-12-18)21-13-14-24-16-20(21)19(15-23)17-9-5-3-6-10-17/h3-12,19-21,24H,2,13-16H2,1H3. The van der Waals surface area contributed by atoms with Crippen LogP contribution in [0.2, 0.25) is 0 Å². The molecule has 26 heavy (non-hydrogen) atoms. The van der Waals surface area contributed by atoms with E-state index in [0.717, 1.165) is 24.2 Å². The fourth-order valence-electron chi connectivity index (χ4n) is 4.03. The third-order valence-electron chi connectivity index (χ3n) is 5.34. The van der Waals surface area contributed by atoms with E-state index in [1.807, 2.05) is 72.5 Å². The normalized spacial score (nSPS) is 21.2. The number of halogens is 1. The number of amides is 1. The average molecular weight is 354 g/mol. The smallest absolute Gasteiger partial charge is 0.226 e. The SMILES string of the molecule is CCC(=O)N(c1ccccc1)C1CCNCC1C(CF)c1ccccc1. The first kappa shape index (κ1) is 18.6. The Kier molecular flexibility index (Phi) is 6.40. The molecule has 0 saturated carbocycles. The van der Waals surface area contributed by atoms with E-state index < -0.39 is 6.67 Å². The summed E-state index contributed by atoms with van der Waals surface area (Å²) in [4.78, 5) is 14.7. The maximum absolute atomic E-state index is 14.1. The van der Waals surface area contributed by atoms with E-state index in [-0.39, 0.29) is 23.8 Å². The van der Waals surface area contributed by atoms with E-state index in [4.69, 9.17) is 0 Å². The Hall–Kier alpha value is -2.20. The number of carbonyl (C=O) groups is 1. The Balaban J connectivity index is 1.97. The number of nitrogens with zero attached hydrogens (tertiary/aromatic N) is 1. The molecule has 1 aliphatic heterocycles. The fraction of sp³-hybridized carbons (Fsp3) is 0.409. The van der Waals surface area contributed by atoms with Crippen molar-refractivity contribution in [1.82, 2.24) is 5.32 Å². The van der Waals surface area contributed by atoms with Crippen molar-refractivity contribution in [2.75, 3.05) is 24.7 Å². The number of para-hydroxylation sites is 1. The lowest BCUT2D eigenvalue weighted by Crippen LogP contribution is -2.54. The Bertz CT molecular complexity index is 692. The summed E-state index contributed by atoms with van der Waals surface area (Å²) in [5.41, 5.74) is 1.91. The number of anilines is 1. The van der Waals surface area contributed by atoms with Crippen molar-refractivity contribution < 1.29 is 9.18 Å². The van der Waals surface area contributed by atoms with Crippen LogP contribution in [-0.4, -0.2) is 31.7 Å². The number of hydrogen-bond acceptors (Lipinski definition) is 2. The number of carbonyl (C=O) groups excluding carboxylic acids is 1. The molecule has 0 aromatic heterocycles. The highest BCUT2D eigenvalue weighted by atomic mass is 19.1. The molecule has 0 radical (unpaired) electrons. The van der Waals surface area contributed by atoms with Gasteiger partial charge in [0.2, 0.25) is 5.91 Å². The van der Waals surface area contributed by atoms with Gasteiger partial charge in [-0.3, -0.25) is 9.18 Å². The van der Waals surface area contributed by atoms with Crippen molar-refractivity contribution in [2.45, 2.75) is 31.7 Å². The molecule has 1 amide bonds. The number of hydrogen-bond donors (Lipinski definition) is 1. The first-order valence-electron chi connectivity index (χ1n) is 9.45. The van der Waals surface area contributed by atoms with Crippen LogP contribution in [0.15, 0.2) is 60.7 Å². The van der Waals surface area contributed by atoms with Gasteiger partial charge < -0.3 is 10.2 Å². The molecule has 2 aromatic carbocycles. The van der Waals surface area contributed by atoms with E-state index in [1.165, 1.54) is 0 Å². The van der Waals surface area contributed by atoms with Crippen molar-refractivity contribution in [1.29, 1.82) is 0 Å². The molecule has 2 aromatic rings. The van der Waals surface area contributed by atoms with Gasteiger partial charge in [-0.25, -0.2) is 0 Å². The van der Waals surface area contributed by atoms with Crippen LogP contribution < -0.4 is 10.2 Å². The van der Waals surface area contributed by atoms with Crippen LogP contribution in [0.4, 0.5) is 10.1 Å². The minimum Gasteiger partial charge on any atom is -0.316 e. The van der Waals surface area contributed by atoms with Crippen LogP contribution in [0.3, 0.4) is 0 Å². The lowest BCUT2D eigenvalue weighted by molar-refractivity contribution is -0.119. The van der Waals surface area contributed by atoms with Gasteiger partial charge in [0, 0.05) is 36.5 Å². The summed E-state index contributed by atoms with van der Waals surface area (Å²) in [6.07, 6.45) is 1.27. The van der Waals surface area contributed by atoms with Crippen molar-refractivity contribution >= 4 is 11.6 Å². The minimum absolute atomic E-state index is 0.00736. The minimum atomic E-state index is -0.421. The van der Waals surface area contributed by atoms with Gasteiger partial charge in [-0.2, -0.15) is 0 Å². The summed E-state index contributed by atoms with van der Waals surface area (Å²) in [6.45, 7) is 3.03. The molecule has 4 heteroatoms. The molecular weight excluding hydrogens is 327 g/mol. The van der Waals surface area contributed by atoms with Gasteiger partial charge in [0.1, 0.15) is 0 Å². The third kappa shape index (κ3) is 3.96. The second-order valence-electron chi connectivity index (χ2n) is 6.85. The van der Waals surface area contributed by atoms with Gasteiger partial charge in [-0.15, -0.1) is 0 Å². The predicted octanol–water partition coefficient (Wildman–Crippen LogP) is 4.16. The summed E-state index contributed by atoms with van der Waals surface area (Å²) in [7, 11) is 0. The van der Waals surface area contributed by atoms with Gasteiger partial charge in [-0.05, 0) is 30.7 Å². The molecule has 0 aliphatic carbocycles. The second-order valence-corrected chi connectivity index (χ2v) is 6.85. The zero-order valence-corrected chi connectivity index (χ0v) is 15.3. The van der Waals surface area contributed by atoms with Crippen LogP contribution in [-0.2, 0) is 4.79 Å². The fourth-order valence-corrected chi connectivity index (χ4v) is 4.03. The van der Waals surface area contributed by atoms with Gasteiger partial charge in [0.05, 0.1) is 6.67 Å². The van der Waals surface area contributed by atoms with Crippen molar-refractivity contribution in [3.05, 3.63) is 66.2 Å². The lowest BCUT2D eigenvalue weighted by atomic mass is 9.78. The summed E-state index contributed by atoms with van der Waals surface area (Å²) in [5, 5.41) is 3.41. The summed E-state index contributed by atoms with van der Waals surface area (Å²) < 4.78 is 14.1. The molecule has 0 bridgehead atoms. The lowest BCUT2D eigenvalue weighted by Gasteiger charge is -2.43. The molecule has 3 nitrogen and oxygen atoms in total. The van der Waals surface area contributed by atoms with Gasteiger partial charge >= 0.3 is 0 Å². The van der Waals surface area contributed by atoms with Gasteiger partial charge in [0.25, 0.3) is 0 Å². The monoisotopic (exact) mass is 354 g/mol. The largest absolute Gasteiger partial charge is 0.316 e. The topological polar surface area (TPSA) is 32.3 Å². The van der Waals surface area contributed by atoms with E-state index >= 15 is 0 Å². The summed E-state index contributed by atoms with van der Waals surface area (Å²) >= 11 is 0. The van der Waals surface area contributed by atoms with Gasteiger partial charge in [0.15, 0.2) is 0 Å². The first-order valence-corrected chi connectivity index (χ1v) is 9.45. The zero-order chi connectivity index (χ0) is 18.4. The van der Waals surface area contributed by atoms with Crippen molar-refractivity contribution in [3.63, 3.8) is 0 Å². The quantitative estimate of drug-likeness (QED) is 0.845. The van der Waals surface area contributed by atoms with Crippen LogP contribution in [0.1, 0.15) is 31.2 Å². The molecule has 3 unspecified atom stereocenters. The molecule has 1 N–H and O–H groups in total. The Morgan fingerprint density at radius 1 is 1.15 bits per heavy atom. The summed E-state index contributed by atoms with van der Waals surface area (Å²) in [5.74, 6) is -0.0875. The molecule has 1 aliphatic rings. The molecule has 138 valence electrons. The molecule has 1 heterocycles. The van der Waals surface area contributed by atoms with E-state index in [9.17, 15) is 9.18 Å². The van der Waals surface area contributed by atoms with E-state index in [2.05, 4.69) is 5.32 Å². The molecule has 3 rings (SSSR count). The number of piperidine rings is 1. The zero-order valence-electron chi connectivity index (χ0n) is 15.3. The maximum Gasteiger partial charge on any atom is 0.226 e. The van der Waals surface area contributed by atoms with Gasteiger partial charge in [-0.1, -0.05) is 55.5 Å². The maximum atomic E-state index is 14.1. The summed E-state index contributed by atoms with van der Waals surface area (Å²) in [6, 6.07) is 19.6. The van der Waals surface area contributed by atoms with E-state index in [0.29, 0.717) is 13.0 Å². The average Bonchev–Trinajstić information content (AvgIpc) is 2.71. The Labute approximate surface area is 155 Å². The number of nitrogens with one attached hydrogen (secondary N) is 1. The second kappa shape index (κ2) is 8.95. The van der Waals surface area contributed by atoms with Crippen LogP contribution in [0.5, 0.6) is 0 Å². The highest BCUT2D eigenvalue weighted by molar-refractivity contribution is 5.93. The third-order valence-corrected chi connectivity index (χ3v) is 5.34. The van der Waals surface area contributed by atoms with Crippen LogP contribution in [0, 0.1) is 5.92 Å². The molecule has 1 fully saturated rings. The first-order chi connectivity index (χ1) is 12.8. The molecular formula is C22H27FN2O. The van der Waals surface area contributed by atoms with Crippen LogP contribution >= 0.6 is 0 Å². The molecule has 1 saturated heterocycles. The van der Waals surface area contributed by atoms with Crippen molar-refractivity contribution in [2.24, 2.45) is 5.92 Å². The predicted molar refractivity (Wildman–Crippen MR) is 104 cm³/mol. The Morgan fingerprint density at radius 2 is 1.81 bits per heavy atom. The molecule has 3 atom stereocenters. The molecule has 0 spiro atoms. The Morgan fingerprint density at radius 3 is 2.42 bits per heavy atom. The van der Waals surface area contributed by atoms with Crippen molar-refractivity contribution in [3.8, 4) is 0 Å². The number of rotatable bonds is 6. The number of alkyl halides is 1. The van der Waals surface area contributed by atoms with E-state index in [1.54, 1.807) is 0 Å². The highest BCUT2D eigenvalue weighted by Gasteiger charge is 2.38.